The molecule has 5 rings (SSSR count). The Balaban J connectivity index is 1.31. The third kappa shape index (κ3) is 5.34. The lowest BCUT2D eigenvalue weighted by Gasteiger charge is -2.30. The van der Waals surface area contributed by atoms with E-state index in [-0.39, 0.29) is 18.1 Å². The van der Waals surface area contributed by atoms with E-state index < -0.39 is 0 Å². The number of rotatable bonds is 6. The normalized spacial score (nSPS) is 15.3. The van der Waals surface area contributed by atoms with Gasteiger partial charge in [0.1, 0.15) is 5.69 Å². The molecule has 35 heavy (non-hydrogen) atoms. The second-order valence-corrected chi connectivity index (χ2v) is 9.96. The van der Waals surface area contributed by atoms with E-state index in [1.807, 2.05) is 29.2 Å². The van der Waals surface area contributed by atoms with Gasteiger partial charge in [0.2, 0.25) is 0 Å². The fourth-order valence-electron chi connectivity index (χ4n) is 4.73. The molecule has 0 saturated carbocycles. The van der Waals surface area contributed by atoms with Crippen LogP contribution in [0.2, 0.25) is 10.0 Å². The molecule has 0 N–H and O–H groups in total. The van der Waals surface area contributed by atoms with Crippen LogP contribution in [-0.2, 0) is 19.4 Å². The monoisotopic (exact) mass is 508 g/mol. The molecule has 1 saturated heterocycles. The molecule has 1 fully saturated rings. The molecule has 6 nitrogen and oxygen atoms in total. The summed E-state index contributed by atoms with van der Waals surface area (Å²) in [5.41, 5.74) is 4.57. The van der Waals surface area contributed by atoms with Crippen molar-refractivity contribution in [1.82, 2.24) is 15.1 Å². The van der Waals surface area contributed by atoms with Crippen molar-refractivity contribution in [1.29, 1.82) is 0 Å². The number of likely N-dealkylation sites (tertiary alicyclic amines) is 1. The highest BCUT2D eigenvalue weighted by atomic mass is 35.5. The third-order valence-corrected chi connectivity index (χ3v) is 7.25. The minimum absolute atomic E-state index is 0.0563. The molecule has 0 aliphatic carbocycles. The summed E-state index contributed by atoms with van der Waals surface area (Å²) in [7, 11) is 0. The van der Waals surface area contributed by atoms with Crippen LogP contribution < -0.4 is 4.90 Å². The molecule has 2 aliphatic heterocycles. The fraction of sp³-hybridized carbons (Fsp3) is 0.333. The quantitative estimate of drug-likeness (QED) is 0.417. The van der Waals surface area contributed by atoms with Gasteiger partial charge in [0.05, 0.1) is 11.4 Å². The van der Waals surface area contributed by atoms with Crippen molar-refractivity contribution in [2.75, 3.05) is 24.5 Å². The second-order valence-electron chi connectivity index (χ2n) is 9.12. The van der Waals surface area contributed by atoms with Crippen molar-refractivity contribution in [3.05, 3.63) is 86.7 Å². The molecule has 0 atom stereocenters. The molecule has 2 aliphatic rings. The third-order valence-electron chi connectivity index (χ3n) is 6.64. The highest BCUT2D eigenvalue weighted by Crippen LogP contribution is 2.30. The highest BCUT2D eigenvalue weighted by molar-refractivity contribution is 6.33. The maximum absolute atomic E-state index is 13.1. The zero-order valence-electron chi connectivity index (χ0n) is 19.3. The molecule has 0 unspecified atom stereocenters. The number of amides is 1. The maximum Gasteiger partial charge on any atom is 0.253 e. The van der Waals surface area contributed by atoms with Crippen molar-refractivity contribution in [2.45, 2.75) is 38.6 Å². The summed E-state index contributed by atoms with van der Waals surface area (Å²) in [5.74, 6) is -0.0499. The van der Waals surface area contributed by atoms with Gasteiger partial charge in [0, 0.05) is 48.2 Å². The van der Waals surface area contributed by atoms with Crippen LogP contribution in [0.5, 0.6) is 0 Å². The van der Waals surface area contributed by atoms with Crippen LogP contribution in [-0.4, -0.2) is 46.4 Å². The van der Waals surface area contributed by atoms with Crippen LogP contribution >= 0.6 is 23.2 Å². The molecule has 180 valence electrons. The van der Waals surface area contributed by atoms with E-state index in [0.717, 1.165) is 67.8 Å². The number of hydrogen-bond donors (Lipinski definition) is 0. The summed E-state index contributed by atoms with van der Waals surface area (Å²) in [6.07, 6.45) is 4.10. The van der Waals surface area contributed by atoms with Crippen LogP contribution in [0.25, 0.3) is 0 Å². The Morgan fingerprint density at radius 1 is 0.886 bits per heavy atom. The van der Waals surface area contributed by atoms with Crippen molar-refractivity contribution in [2.24, 2.45) is 0 Å². The lowest BCUT2D eigenvalue weighted by molar-refractivity contribution is 0.0792. The van der Waals surface area contributed by atoms with Gasteiger partial charge in [-0.15, -0.1) is 5.10 Å². The summed E-state index contributed by atoms with van der Waals surface area (Å²) in [6.45, 7) is 3.05. The van der Waals surface area contributed by atoms with Crippen LogP contribution in [0.1, 0.15) is 56.9 Å². The Hall–Kier alpha value is -2.96. The first kappa shape index (κ1) is 23.8. The molecule has 1 amide bonds. The lowest BCUT2D eigenvalue weighted by Crippen LogP contribution is -2.30. The largest absolute Gasteiger partial charge is 0.366 e. The number of hydrogen-bond acceptors (Lipinski definition) is 5. The Bertz CT molecular complexity index is 1260. The van der Waals surface area contributed by atoms with Gasteiger partial charge in [-0.05, 0) is 73.2 Å². The van der Waals surface area contributed by atoms with Crippen molar-refractivity contribution in [3.8, 4) is 0 Å². The van der Waals surface area contributed by atoms with Gasteiger partial charge in [-0.25, -0.2) is 0 Å². The van der Waals surface area contributed by atoms with Gasteiger partial charge in [-0.1, -0.05) is 35.3 Å². The summed E-state index contributed by atoms with van der Waals surface area (Å²) < 4.78 is 0. The van der Waals surface area contributed by atoms with Crippen molar-refractivity contribution in [3.63, 3.8) is 0 Å². The molecule has 0 radical (unpaired) electrons. The van der Waals surface area contributed by atoms with Gasteiger partial charge < -0.3 is 9.80 Å². The van der Waals surface area contributed by atoms with E-state index in [9.17, 15) is 9.59 Å². The van der Waals surface area contributed by atoms with E-state index in [1.165, 1.54) is 0 Å². The molecule has 0 spiro atoms. The van der Waals surface area contributed by atoms with Crippen molar-refractivity contribution < 1.29 is 9.59 Å². The Labute approximate surface area is 214 Å². The lowest BCUT2D eigenvalue weighted by atomic mass is 10.0. The number of anilines is 1. The average molecular weight is 509 g/mol. The zero-order valence-corrected chi connectivity index (χ0v) is 20.9. The first-order valence-corrected chi connectivity index (χ1v) is 12.7. The van der Waals surface area contributed by atoms with E-state index in [4.69, 9.17) is 23.2 Å². The number of carbonyl (C=O) groups is 2. The molecule has 1 aromatic heterocycles. The number of fused-ring (bicyclic) bond motifs is 1. The summed E-state index contributed by atoms with van der Waals surface area (Å²) >= 11 is 12.6. The zero-order chi connectivity index (χ0) is 24.4. The maximum atomic E-state index is 13.1. The summed E-state index contributed by atoms with van der Waals surface area (Å²) in [4.78, 5) is 29.7. The SMILES string of the molecule is O=C(Cc1ccc(C(=O)N2CCCC2)cc1)c1cc2c(nn1)CCCN2Cc1cc(Cl)ccc1Cl. The first-order valence-electron chi connectivity index (χ1n) is 11.9. The Morgan fingerprint density at radius 3 is 2.43 bits per heavy atom. The number of carbonyl (C=O) groups excluding carboxylic acids is 2. The first-order chi connectivity index (χ1) is 17.0. The summed E-state index contributed by atoms with van der Waals surface area (Å²) in [6, 6.07) is 14.6. The number of aromatic nitrogens is 2. The van der Waals surface area contributed by atoms with E-state index in [1.54, 1.807) is 24.3 Å². The number of Topliss-reactive ketones (excluding diaryl/α,β-unsaturated/α-hetero) is 1. The average Bonchev–Trinajstić information content (AvgIpc) is 3.41. The van der Waals surface area contributed by atoms with Crippen LogP contribution in [0, 0.1) is 0 Å². The highest BCUT2D eigenvalue weighted by Gasteiger charge is 2.23. The number of halogens is 2. The molecule has 2 aromatic carbocycles. The molecule has 3 aromatic rings. The molecular formula is C27H26Cl2N4O2. The predicted octanol–water partition coefficient (Wildman–Crippen LogP) is 5.40. The van der Waals surface area contributed by atoms with E-state index in [0.29, 0.717) is 27.8 Å². The van der Waals surface area contributed by atoms with Crippen molar-refractivity contribution >= 4 is 40.6 Å². The standard InChI is InChI=1S/C27H26Cl2N4O2/c28-21-9-10-22(29)20(15-21)17-33-13-3-4-23-25(33)16-24(31-30-23)26(34)14-18-5-7-19(8-6-18)27(35)32-11-1-2-12-32/h5-10,15-16H,1-4,11-14,17H2. The van der Waals surface area contributed by atoms with Crippen LogP contribution in [0.4, 0.5) is 5.69 Å². The fourth-order valence-corrected chi connectivity index (χ4v) is 5.10. The predicted molar refractivity (Wildman–Crippen MR) is 137 cm³/mol. The van der Waals surface area contributed by atoms with Gasteiger partial charge in [0.15, 0.2) is 5.78 Å². The van der Waals surface area contributed by atoms with Gasteiger partial charge in [0.25, 0.3) is 5.91 Å². The van der Waals surface area contributed by atoms with Gasteiger partial charge in [-0.3, -0.25) is 9.59 Å². The number of ketones is 1. The Morgan fingerprint density at radius 2 is 1.66 bits per heavy atom. The smallest absolute Gasteiger partial charge is 0.253 e. The minimum atomic E-state index is -0.106. The number of nitrogens with zero attached hydrogens (tertiary/aromatic N) is 4. The van der Waals surface area contributed by atoms with E-state index >= 15 is 0 Å². The van der Waals surface area contributed by atoms with Crippen LogP contribution in [0.15, 0.2) is 48.5 Å². The summed E-state index contributed by atoms with van der Waals surface area (Å²) in [5, 5.41) is 9.89. The van der Waals surface area contributed by atoms with E-state index in [2.05, 4.69) is 15.1 Å². The molecular weight excluding hydrogens is 483 g/mol. The van der Waals surface area contributed by atoms with Crippen LogP contribution in [0.3, 0.4) is 0 Å². The number of aryl methyl sites for hydroxylation is 1. The second kappa shape index (κ2) is 10.3. The minimum Gasteiger partial charge on any atom is -0.366 e. The number of benzene rings is 2. The van der Waals surface area contributed by atoms with Gasteiger partial charge in [-0.2, -0.15) is 5.10 Å². The van der Waals surface area contributed by atoms with Gasteiger partial charge >= 0.3 is 0 Å². The Kier molecular flexibility index (Phi) is 7.02. The topological polar surface area (TPSA) is 66.4 Å². The molecule has 8 heteroatoms. The molecule has 3 heterocycles. The molecule has 0 bridgehead atoms.